The monoisotopic (exact) mass is 336 g/mol. The predicted molar refractivity (Wildman–Crippen MR) is 94.5 cm³/mol. The fourth-order valence-corrected chi connectivity index (χ4v) is 2.78. The molecule has 0 aliphatic carbocycles. The van der Waals surface area contributed by atoms with Crippen LogP contribution in [0.15, 0.2) is 66.7 Å². The van der Waals surface area contributed by atoms with E-state index in [1.54, 1.807) is 0 Å². The van der Waals surface area contributed by atoms with Gasteiger partial charge >= 0.3 is 0 Å². The Labute approximate surface area is 144 Å². The first-order valence-corrected chi connectivity index (χ1v) is 7.87. The predicted octanol–water partition coefficient (Wildman–Crippen LogP) is 2.81. The van der Waals surface area contributed by atoms with Crippen LogP contribution in [-0.2, 0) is 11.2 Å². The third kappa shape index (κ3) is 3.83. The number of amides is 2. The molecule has 0 fully saturated rings. The maximum absolute atomic E-state index is 13.3. The standard InChI is InChI=1S/C20H17FN2O2/c21-16-9-4-8-15(11-16)20(25)23-18(19(22)24)12-14-7-3-6-13-5-1-2-10-17(13)14/h1-11,18H,12H2,(H2,22,24)(H,23,25)/t18-/m1/s1. The average Bonchev–Trinajstić information content (AvgIpc) is 2.61. The Morgan fingerprint density at radius 1 is 1.00 bits per heavy atom. The zero-order valence-electron chi connectivity index (χ0n) is 13.4. The van der Waals surface area contributed by atoms with E-state index in [0.29, 0.717) is 0 Å². The third-order valence-electron chi connectivity index (χ3n) is 4.04. The molecule has 3 aromatic carbocycles. The van der Waals surface area contributed by atoms with Gasteiger partial charge in [0.1, 0.15) is 11.9 Å². The minimum atomic E-state index is -0.887. The molecule has 0 aliphatic rings. The molecule has 2 amide bonds. The number of hydrogen-bond acceptors (Lipinski definition) is 2. The molecule has 1 atom stereocenters. The van der Waals surface area contributed by atoms with Crippen molar-refractivity contribution in [2.24, 2.45) is 5.73 Å². The van der Waals surface area contributed by atoms with Gasteiger partial charge in [0.2, 0.25) is 5.91 Å². The number of benzene rings is 3. The highest BCUT2D eigenvalue weighted by molar-refractivity contribution is 5.97. The number of carbonyl (C=O) groups is 2. The van der Waals surface area contributed by atoms with Crippen LogP contribution in [0.3, 0.4) is 0 Å². The number of hydrogen-bond donors (Lipinski definition) is 2. The summed E-state index contributed by atoms with van der Waals surface area (Å²) in [7, 11) is 0. The van der Waals surface area contributed by atoms with E-state index in [0.717, 1.165) is 22.4 Å². The SMILES string of the molecule is NC(=O)[C@@H](Cc1cccc2ccccc12)NC(=O)c1cccc(F)c1. The van der Waals surface area contributed by atoms with Crippen LogP contribution in [-0.4, -0.2) is 17.9 Å². The maximum Gasteiger partial charge on any atom is 0.252 e. The Hall–Kier alpha value is -3.21. The van der Waals surface area contributed by atoms with E-state index in [-0.39, 0.29) is 12.0 Å². The van der Waals surface area contributed by atoms with Crippen LogP contribution in [0.2, 0.25) is 0 Å². The lowest BCUT2D eigenvalue weighted by Crippen LogP contribution is -2.45. The highest BCUT2D eigenvalue weighted by atomic mass is 19.1. The number of carbonyl (C=O) groups excluding carboxylic acids is 2. The highest BCUT2D eigenvalue weighted by Crippen LogP contribution is 2.20. The highest BCUT2D eigenvalue weighted by Gasteiger charge is 2.20. The summed E-state index contributed by atoms with van der Waals surface area (Å²) < 4.78 is 13.3. The van der Waals surface area contributed by atoms with Crippen molar-refractivity contribution in [3.63, 3.8) is 0 Å². The molecule has 25 heavy (non-hydrogen) atoms. The van der Waals surface area contributed by atoms with Gasteiger partial charge < -0.3 is 11.1 Å². The van der Waals surface area contributed by atoms with Gasteiger partial charge in [0, 0.05) is 12.0 Å². The number of fused-ring (bicyclic) bond motifs is 1. The first-order valence-electron chi connectivity index (χ1n) is 7.87. The number of nitrogens with one attached hydrogen (secondary N) is 1. The van der Waals surface area contributed by atoms with Crippen molar-refractivity contribution in [3.05, 3.63) is 83.7 Å². The van der Waals surface area contributed by atoms with Gasteiger partial charge in [-0.25, -0.2) is 4.39 Å². The fraction of sp³-hybridized carbons (Fsp3) is 0.100. The summed E-state index contributed by atoms with van der Waals surface area (Å²) in [6, 6.07) is 17.9. The Morgan fingerprint density at radius 3 is 2.48 bits per heavy atom. The second kappa shape index (κ2) is 7.13. The molecule has 0 aromatic heterocycles. The Kier molecular flexibility index (Phi) is 4.75. The van der Waals surface area contributed by atoms with E-state index in [2.05, 4.69) is 5.32 Å². The van der Waals surface area contributed by atoms with E-state index in [1.807, 2.05) is 42.5 Å². The third-order valence-corrected chi connectivity index (χ3v) is 4.04. The van der Waals surface area contributed by atoms with Crippen molar-refractivity contribution in [1.82, 2.24) is 5.32 Å². The number of rotatable bonds is 5. The van der Waals surface area contributed by atoms with Crippen molar-refractivity contribution < 1.29 is 14.0 Å². The van der Waals surface area contributed by atoms with Gasteiger partial charge in [-0.2, -0.15) is 0 Å². The molecule has 0 radical (unpaired) electrons. The molecule has 0 aliphatic heterocycles. The smallest absolute Gasteiger partial charge is 0.252 e. The van der Waals surface area contributed by atoms with Crippen LogP contribution in [0.1, 0.15) is 15.9 Å². The van der Waals surface area contributed by atoms with Crippen molar-refractivity contribution >= 4 is 22.6 Å². The van der Waals surface area contributed by atoms with Gasteiger partial charge in [-0.15, -0.1) is 0 Å². The lowest BCUT2D eigenvalue weighted by Gasteiger charge is -2.17. The van der Waals surface area contributed by atoms with E-state index in [4.69, 9.17) is 5.73 Å². The molecule has 4 nitrogen and oxygen atoms in total. The Morgan fingerprint density at radius 2 is 1.72 bits per heavy atom. The van der Waals surface area contributed by atoms with Crippen LogP contribution in [0.25, 0.3) is 10.8 Å². The Bertz CT molecular complexity index is 934. The minimum absolute atomic E-state index is 0.143. The summed E-state index contributed by atoms with van der Waals surface area (Å²) in [5, 5.41) is 4.63. The normalized spacial score (nSPS) is 11.9. The minimum Gasteiger partial charge on any atom is -0.368 e. The molecule has 0 heterocycles. The van der Waals surface area contributed by atoms with Crippen LogP contribution in [0.4, 0.5) is 4.39 Å². The van der Waals surface area contributed by atoms with Crippen molar-refractivity contribution in [3.8, 4) is 0 Å². The summed E-state index contributed by atoms with van der Waals surface area (Å²) in [5.41, 5.74) is 6.50. The van der Waals surface area contributed by atoms with E-state index >= 15 is 0 Å². The quantitative estimate of drug-likeness (QED) is 0.752. The molecule has 0 saturated carbocycles. The van der Waals surface area contributed by atoms with Gasteiger partial charge in [0.25, 0.3) is 5.91 Å². The molecule has 3 N–H and O–H groups in total. The summed E-state index contributed by atoms with van der Waals surface area (Å²) in [4.78, 5) is 24.1. The largest absolute Gasteiger partial charge is 0.368 e. The second-order valence-electron chi connectivity index (χ2n) is 5.78. The molecular formula is C20H17FN2O2. The summed E-state index contributed by atoms with van der Waals surface area (Å²) in [6.07, 6.45) is 0.262. The van der Waals surface area contributed by atoms with Gasteiger partial charge in [-0.05, 0) is 34.5 Å². The molecule has 3 rings (SSSR count). The molecular weight excluding hydrogens is 319 g/mol. The van der Waals surface area contributed by atoms with Gasteiger partial charge in [0.15, 0.2) is 0 Å². The zero-order valence-corrected chi connectivity index (χ0v) is 13.4. The second-order valence-corrected chi connectivity index (χ2v) is 5.78. The van der Waals surface area contributed by atoms with Crippen LogP contribution < -0.4 is 11.1 Å². The van der Waals surface area contributed by atoms with Gasteiger partial charge in [0.05, 0.1) is 0 Å². The maximum atomic E-state index is 13.3. The molecule has 0 bridgehead atoms. The van der Waals surface area contributed by atoms with Crippen molar-refractivity contribution in [2.45, 2.75) is 12.5 Å². The summed E-state index contributed by atoms with van der Waals surface area (Å²) in [6.45, 7) is 0. The van der Waals surface area contributed by atoms with Crippen molar-refractivity contribution in [2.75, 3.05) is 0 Å². The lowest BCUT2D eigenvalue weighted by atomic mass is 9.98. The lowest BCUT2D eigenvalue weighted by molar-refractivity contribution is -0.119. The molecule has 5 heteroatoms. The molecule has 0 saturated heterocycles. The van der Waals surface area contributed by atoms with Crippen LogP contribution in [0.5, 0.6) is 0 Å². The number of nitrogens with two attached hydrogens (primary N) is 1. The number of halogens is 1. The molecule has 0 spiro atoms. The van der Waals surface area contributed by atoms with Gasteiger partial charge in [-0.3, -0.25) is 9.59 Å². The van der Waals surface area contributed by atoms with E-state index < -0.39 is 23.7 Å². The van der Waals surface area contributed by atoms with Gasteiger partial charge in [-0.1, -0.05) is 48.5 Å². The summed E-state index contributed by atoms with van der Waals surface area (Å²) in [5.74, 6) is -1.70. The first kappa shape index (κ1) is 16.6. The zero-order chi connectivity index (χ0) is 17.8. The topological polar surface area (TPSA) is 72.2 Å². The van der Waals surface area contributed by atoms with Crippen molar-refractivity contribution in [1.29, 1.82) is 0 Å². The first-order chi connectivity index (χ1) is 12.0. The summed E-state index contributed by atoms with van der Waals surface area (Å²) >= 11 is 0. The molecule has 3 aromatic rings. The molecule has 0 unspecified atom stereocenters. The fourth-order valence-electron chi connectivity index (χ4n) is 2.78. The Balaban J connectivity index is 1.84. The molecule has 126 valence electrons. The van der Waals surface area contributed by atoms with E-state index in [9.17, 15) is 14.0 Å². The van der Waals surface area contributed by atoms with Crippen LogP contribution >= 0.6 is 0 Å². The van der Waals surface area contributed by atoms with Crippen LogP contribution in [0, 0.1) is 5.82 Å². The average molecular weight is 336 g/mol. The number of primary amides is 1. The van der Waals surface area contributed by atoms with E-state index in [1.165, 1.54) is 18.2 Å².